The average molecular weight is 635 g/mol. The van der Waals surface area contributed by atoms with Gasteiger partial charge >= 0.3 is 12.1 Å². The standard InChI is InChI=1S/C39H54O7/c1-8-39-21-19-37(6)28-22-29(40)32(41)24(2)27(28)14-15-30(37)38(39,7)20-18-35(4)16-17-36(5,23-31(35)39)33(42)44-25(3)45-34(43)46-26-12-10-9-11-13-26/h14-15,22,25-26,31,41H,8-13,16-21,23H2,1-7H3/t25?,31-,35-,36-,37+,38-,39+/m1/s1. The van der Waals surface area contributed by atoms with Crippen molar-refractivity contribution in [3.8, 4) is 0 Å². The maximum Gasteiger partial charge on any atom is 0.511 e. The van der Waals surface area contributed by atoms with Crippen LogP contribution in [0.2, 0.25) is 0 Å². The van der Waals surface area contributed by atoms with E-state index in [1.807, 2.05) is 13.8 Å². The number of ketones is 1. The third kappa shape index (κ3) is 4.92. The highest BCUT2D eigenvalue weighted by molar-refractivity contribution is 6.06. The zero-order valence-electron chi connectivity index (χ0n) is 29.1. The molecule has 4 fully saturated rings. The van der Waals surface area contributed by atoms with E-state index in [1.54, 1.807) is 13.0 Å². The SMILES string of the molecule is CC[C@@]12CC[C@@]3(C)C4=CC(=O)C(O)=C(C)C4=CC=C3[C@@]1(C)CC[C@@]1(C)CC[C@@](C)(C(=O)OC(C)OC(=O)OC3CCCCC3)C[C@H]12. The lowest BCUT2D eigenvalue weighted by Crippen LogP contribution is -2.63. The van der Waals surface area contributed by atoms with Crippen LogP contribution in [0.15, 0.2) is 46.3 Å². The van der Waals surface area contributed by atoms with Gasteiger partial charge in [0.05, 0.1) is 5.41 Å². The number of hydrogen-bond donors (Lipinski definition) is 1. The molecule has 0 bridgehead atoms. The number of allylic oxidation sites excluding steroid dienone is 7. The number of hydrogen-bond acceptors (Lipinski definition) is 7. The lowest BCUT2D eigenvalue weighted by molar-refractivity contribution is -0.201. The number of fused-ring (bicyclic) bond motifs is 7. The molecule has 6 aliphatic rings. The molecule has 7 heteroatoms. The average Bonchev–Trinajstić information content (AvgIpc) is 3.01. The molecular weight excluding hydrogens is 580 g/mol. The molecule has 0 aromatic rings. The maximum atomic E-state index is 13.9. The van der Waals surface area contributed by atoms with Crippen molar-refractivity contribution in [2.75, 3.05) is 0 Å². The second-order valence-electron chi connectivity index (χ2n) is 16.4. The van der Waals surface area contributed by atoms with Gasteiger partial charge in [0.25, 0.3) is 0 Å². The summed E-state index contributed by atoms with van der Waals surface area (Å²) in [4.78, 5) is 39.2. The Morgan fingerprint density at radius 3 is 2.35 bits per heavy atom. The number of carbonyl (C=O) groups excluding carboxylic acids is 3. The van der Waals surface area contributed by atoms with Gasteiger partial charge in [0.15, 0.2) is 5.76 Å². The van der Waals surface area contributed by atoms with Gasteiger partial charge in [0.2, 0.25) is 12.1 Å². The van der Waals surface area contributed by atoms with E-state index in [2.05, 4.69) is 39.8 Å². The molecule has 7 nitrogen and oxygen atoms in total. The third-order valence-corrected chi connectivity index (χ3v) is 14.0. The van der Waals surface area contributed by atoms with E-state index in [9.17, 15) is 19.5 Å². The molecule has 6 rings (SSSR count). The minimum atomic E-state index is -1.02. The van der Waals surface area contributed by atoms with E-state index in [-0.39, 0.29) is 45.3 Å². The van der Waals surface area contributed by atoms with Crippen LogP contribution in [0.1, 0.15) is 132 Å². The fourth-order valence-corrected chi connectivity index (χ4v) is 11.0. The summed E-state index contributed by atoms with van der Waals surface area (Å²) in [5.41, 5.74) is 3.04. The highest BCUT2D eigenvalue weighted by Crippen LogP contribution is 2.76. The first-order valence-corrected chi connectivity index (χ1v) is 17.8. The van der Waals surface area contributed by atoms with Gasteiger partial charge in [-0.1, -0.05) is 51.8 Å². The molecular formula is C39H54O7. The van der Waals surface area contributed by atoms with Crippen LogP contribution in [0.4, 0.5) is 4.79 Å². The highest BCUT2D eigenvalue weighted by Gasteiger charge is 2.68. The van der Waals surface area contributed by atoms with Crippen molar-refractivity contribution in [2.45, 2.75) is 144 Å². The topological polar surface area (TPSA) is 99.1 Å². The van der Waals surface area contributed by atoms with Gasteiger partial charge < -0.3 is 19.3 Å². The van der Waals surface area contributed by atoms with Gasteiger partial charge in [-0.05, 0) is 130 Å². The van der Waals surface area contributed by atoms with E-state index in [0.29, 0.717) is 11.5 Å². The molecule has 0 radical (unpaired) electrons. The molecule has 0 aromatic heterocycles. The van der Waals surface area contributed by atoms with Crippen molar-refractivity contribution in [1.82, 2.24) is 0 Å². The smallest absolute Gasteiger partial charge is 0.504 e. The Bertz CT molecular complexity index is 1440. The van der Waals surface area contributed by atoms with Gasteiger partial charge in [0.1, 0.15) is 6.10 Å². The van der Waals surface area contributed by atoms with Gasteiger partial charge in [0, 0.05) is 17.9 Å². The van der Waals surface area contributed by atoms with Crippen molar-refractivity contribution < 1.29 is 33.7 Å². The van der Waals surface area contributed by atoms with Crippen molar-refractivity contribution in [2.24, 2.45) is 33.0 Å². The molecule has 0 heterocycles. The minimum Gasteiger partial charge on any atom is -0.504 e. The summed E-state index contributed by atoms with van der Waals surface area (Å²) < 4.78 is 16.7. The van der Waals surface area contributed by atoms with Crippen LogP contribution in [0, 0.1) is 33.0 Å². The van der Waals surface area contributed by atoms with E-state index < -0.39 is 17.9 Å². The lowest BCUT2D eigenvalue weighted by Gasteiger charge is -2.71. The Morgan fingerprint density at radius 1 is 0.957 bits per heavy atom. The molecule has 252 valence electrons. The number of aliphatic hydroxyl groups is 1. The Hall–Kier alpha value is -2.83. The van der Waals surface area contributed by atoms with Crippen molar-refractivity contribution in [3.05, 3.63) is 46.3 Å². The molecule has 0 aromatic carbocycles. The van der Waals surface area contributed by atoms with E-state index in [4.69, 9.17) is 14.2 Å². The lowest BCUT2D eigenvalue weighted by atomic mass is 9.33. The van der Waals surface area contributed by atoms with Crippen LogP contribution < -0.4 is 0 Å². The molecule has 7 atom stereocenters. The second kappa shape index (κ2) is 11.4. The molecule has 46 heavy (non-hydrogen) atoms. The predicted molar refractivity (Wildman–Crippen MR) is 176 cm³/mol. The van der Waals surface area contributed by atoms with Crippen molar-refractivity contribution in [1.29, 1.82) is 0 Å². The summed E-state index contributed by atoms with van der Waals surface area (Å²) in [6.07, 6.45) is 16.6. The van der Waals surface area contributed by atoms with E-state index >= 15 is 0 Å². The Morgan fingerprint density at radius 2 is 1.65 bits per heavy atom. The van der Waals surface area contributed by atoms with Crippen LogP contribution in [0.25, 0.3) is 0 Å². The summed E-state index contributed by atoms with van der Waals surface area (Å²) in [6, 6.07) is 0. The molecule has 1 unspecified atom stereocenters. The number of rotatable bonds is 5. The zero-order chi connectivity index (χ0) is 33.3. The molecule has 4 saturated carbocycles. The molecule has 0 saturated heterocycles. The van der Waals surface area contributed by atoms with Gasteiger partial charge in [-0.2, -0.15) is 0 Å². The van der Waals surface area contributed by atoms with Crippen molar-refractivity contribution >= 4 is 17.9 Å². The molecule has 1 N–H and O–H groups in total. The number of ether oxygens (including phenoxy) is 3. The van der Waals surface area contributed by atoms with Gasteiger partial charge in [-0.25, -0.2) is 4.79 Å². The van der Waals surface area contributed by atoms with Crippen LogP contribution in [0.3, 0.4) is 0 Å². The Balaban J connectivity index is 1.25. The Kier molecular flexibility index (Phi) is 8.20. The fraction of sp³-hybridized carbons (Fsp3) is 0.718. The summed E-state index contributed by atoms with van der Waals surface area (Å²) >= 11 is 0. The third-order valence-electron chi connectivity index (χ3n) is 14.0. The van der Waals surface area contributed by atoms with Gasteiger partial charge in [-0.15, -0.1) is 0 Å². The molecule has 6 aliphatic carbocycles. The summed E-state index contributed by atoms with van der Waals surface area (Å²) in [6.45, 7) is 15.0. The largest absolute Gasteiger partial charge is 0.511 e. The first-order valence-electron chi connectivity index (χ1n) is 17.8. The number of carbonyl (C=O) groups is 3. The summed E-state index contributed by atoms with van der Waals surface area (Å²) in [5.74, 6) is -0.457. The fourth-order valence-electron chi connectivity index (χ4n) is 11.0. The summed E-state index contributed by atoms with van der Waals surface area (Å²) in [7, 11) is 0. The number of aliphatic hydroxyl groups excluding tert-OH is 1. The van der Waals surface area contributed by atoms with Crippen molar-refractivity contribution in [3.63, 3.8) is 0 Å². The molecule has 0 spiro atoms. The normalized spacial score (nSPS) is 39.8. The Labute approximate surface area is 274 Å². The zero-order valence-corrected chi connectivity index (χ0v) is 29.1. The highest BCUT2D eigenvalue weighted by atomic mass is 16.8. The minimum absolute atomic E-state index is 0.0309. The number of esters is 1. The maximum absolute atomic E-state index is 13.9. The van der Waals surface area contributed by atoms with E-state index in [0.717, 1.165) is 94.6 Å². The van der Waals surface area contributed by atoms with Crippen LogP contribution in [-0.2, 0) is 23.8 Å². The van der Waals surface area contributed by atoms with Crippen LogP contribution in [-0.4, -0.2) is 35.4 Å². The molecule has 0 amide bonds. The quantitative estimate of drug-likeness (QED) is 0.238. The summed E-state index contributed by atoms with van der Waals surface area (Å²) in [5, 5.41) is 10.5. The first-order chi connectivity index (χ1) is 21.6. The first kappa shape index (κ1) is 33.1. The van der Waals surface area contributed by atoms with Crippen LogP contribution in [0.5, 0.6) is 0 Å². The van der Waals surface area contributed by atoms with E-state index in [1.165, 1.54) is 5.57 Å². The second-order valence-corrected chi connectivity index (χ2v) is 16.4. The van der Waals surface area contributed by atoms with Crippen LogP contribution >= 0.6 is 0 Å². The monoisotopic (exact) mass is 634 g/mol. The molecule has 0 aliphatic heterocycles. The predicted octanol–water partition coefficient (Wildman–Crippen LogP) is 9.38. The van der Waals surface area contributed by atoms with Gasteiger partial charge in [-0.3, -0.25) is 9.59 Å².